The average molecular weight is 373 g/mol. The third-order valence-corrected chi connectivity index (χ3v) is 6.36. The molecule has 2 unspecified atom stereocenters. The summed E-state index contributed by atoms with van der Waals surface area (Å²) in [7, 11) is 1.50. The van der Waals surface area contributed by atoms with Gasteiger partial charge in [-0.05, 0) is 49.4 Å². The maximum Gasteiger partial charge on any atom is 0.316 e. The number of methoxy groups -OCH3 is 1. The number of thioether (sulfide) groups is 1. The third kappa shape index (κ3) is 2.51. The smallest absolute Gasteiger partial charge is 0.316 e. The van der Waals surface area contributed by atoms with Gasteiger partial charge in [0.2, 0.25) is 0 Å². The van der Waals surface area contributed by atoms with Crippen LogP contribution in [0.2, 0.25) is 0 Å². The number of para-hydroxylation sites is 1. The molecule has 0 fully saturated rings. The van der Waals surface area contributed by atoms with Gasteiger partial charge in [-0.3, -0.25) is 0 Å². The van der Waals surface area contributed by atoms with E-state index in [-0.39, 0.29) is 11.6 Å². The fraction of sp³-hybridized carbons (Fsp3) is 0.350. The second-order valence-corrected chi connectivity index (χ2v) is 7.66. The Morgan fingerprint density at radius 1 is 1.27 bits per heavy atom. The van der Waals surface area contributed by atoms with Crippen molar-refractivity contribution in [3.8, 4) is 5.75 Å². The highest BCUT2D eigenvalue weighted by atomic mass is 32.2. The van der Waals surface area contributed by atoms with Crippen LogP contribution in [-0.4, -0.2) is 40.3 Å². The molecule has 4 nitrogen and oxygen atoms in total. The molecule has 0 saturated carbocycles. The van der Waals surface area contributed by atoms with Crippen molar-refractivity contribution in [1.29, 1.82) is 0 Å². The molecule has 0 radical (unpaired) electrons. The first-order chi connectivity index (χ1) is 12.6. The Bertz CT molecular complexity index is 858. The van der Waals surface area contributed by atoms with E-state index in [1.54, 1.807) is 23.9 Å². The van der Waals surface area contributed by atoms with Crippen LogP contribution in [-0.2, 0) is 5.72 Å². The summed E-state index contributed by atoms with van der Waals surface area (Å²) in [6, 6.07) is 14.1. The number of halogens is 1. The molecule has 0 saturated heterocycles. The molecule has 2 aromatic carbocycles. The van der Waals surface area contributed by atoms with Crippen LogP contribution in [0.3, 0.4) is 0 Å². The van der Waals surface area contributed by atoms with E-state index in [1.165, 1.54) is 13.2 Å². The highest BCUT2D eigenvalue weighted by Gasteiger charge is 2.61. The lowest BCUT2D eigenvalue weighted by atomic mass is 9.93. The number of aliphatic hydroxyl groups is 1. The molecule has 0 aromatic heterocycles. The van der Waals surface area contributed by atoms with Gasteiger partial charge in [0, 0.05) is 11.8 Å². The minimum absolute atomic E-state index is 0.261. The fourth-order valence-corrected chi connectivity index (χ4v) is 5.08. The summed E-state index contributed by atoms with van der Waals surface area (Å²) in [5.41, 5.74) is -0.384. The molecular formula is C20H22FN2O2S+. The van der Waals surface area contributed by atoms with Crippen LogP contribution >= 0.6 is 11.8 Å². The molecule has 0 bridgehead atoms. The van der Waals surface area contributed by atoms with Gasteiger partial charge < -0.3 is 9.84 Å². The maximum absolute atomic E-state index is 15.0. The van der Waals surface area contributed by atoms with Crippen LogP contribution < -0.4 is 9.64 Å². The Morgan fingerprint density at radius 3 is 2.73 bits per heavy atom. The molecule has 2 aliphatic heterocycles. The Kier molecular flexibility index (Phi) is 4.40. The second kappa shape index (κ2) is 6.59. The van der Waals surface area contributed by atoms with Crippen LogP contribution in [0.5, 0.6) is 5.75 Å². The number of nitrogens with zero attached hydrogens (tertiary/aromatic N) is 2. The zero-order valence-corrected chi connectivity index (χ0v) is 15.7. The first-order valence-electron chi connectivity index (χ1n) is 8.75. The zero-order chi connectivity index (χ0) is 18.3. The number of hydrogen-bond acceptors (Lipinski definition) is 4. The molecule has 0 aliphatic carbocycles. The van der Waals surface area contributed by atoms with Crippen LogP contribution in [0.15, 0.2) is 48.5 Å². The summed E-state index contributed by atoms with van der Waals surface area (Å²) in [4.78, 5) is 1.88. The minimum Gasteiger partial charge on any atom is -0.497 e. The van der Waals surface area contributed by atoms with Crippen molar-refractivity contribution in [3.63, 3.8) is 0 Å². The Morgan fingerprint density at radius 2 is 2.04 bits per heavy atom. The summed E-state index contributed by atoms with van der Waals surface area (Å²) >= 11 is 1.71. The first kappa shape index (κ1) is 17.4. The highest BCUT2D eigenvalue weighted by molar-refractivity contribution is 8.14. The lowest BCUT2D eigenvalue weighted by molar-refractivity contribution is -0.569. The lowest BCUT2D eigenvalue weighted by Gasteiger charge is -2.31. The largest absolute Gasteiger partial charge is 0.497 e. The number of amidine groups is 1. The Labute approximate surface area is 156 Å². The van der Waals surface area contributed by atoms with Gasteiger partial charge in [0.25, 0.3) is 5.72 Å². The molecule has 0 amide bonds. The molecule has 4 rings (SSSR count). The fourth-order valence-electron chi connectivity index (χ4n) is 3.83. The van der Waals surface area contributed by atoms with Crippen molar-refractivity contribution < 1.29 is 18.8 Å². The molecule has 2 heterocycles. The monoisotopic (exact) mass is 373 g/mol. The molecule has 2 aliphatic rings. The predicted octanol–water partition coefficient (Wildman–Crippen LogP) is 3.39. The van der Waals surface area contributed by atoms with Gasteiger partial charge in [-0.15, -0.1) is 0 Å². The molecule has 1 N–H and O–H groups in total. The van der Waals surface area contributed by atoms with E-state index in [9.17, 15) is 9.50 Å². The maximum atomic E-state index is 15.0. The molecule has 2 atom stereocenters. The molecule has 2 aromatic rings. The van der Waals surface area contributed by atoms with E-state index in [0.29, 0.717) is 5.75 Å². The average Bonchev–Trinajstić information content (AvgIpc) is 2.90. The van der Waals surface area contributed by atoms with E-state index >= 15 is 0 Å². The second-order valence-electron chi connectivity index (χ2n) is 6.60. The van der Waals surface area contributed by atoms with E-state index in [1.807, 2.05) is 42.2 Å². The van der Waals surface area contributed by atoms with Gasteiger partial charge in [0.05, 0.1) is 19.2 Å². The van der Waals surface area contributed by atoms with E-state index in [2.05, 4.69) is 4.58 Å². The summed E-state index contributed by atoms with van der Waals surface area (Å²) < 4.78 is 22.3. The van der Waals surface area contributed by atoms with Crippen LogP contribution in [0, 0.1) is 5.82 Å². The summed E-state index contributed by atoms with van der Waals surface area (Å²) in [5, 5.41) is 12.9. The molecule has 26 heavy (non-hydrogen) atoms. The summed E-state index contributed by atoms with van der Waals surface area (Å²) in [6.07, 6.45) is 1.04. The zero-order valence-electron chi connectivity index (χ0n) is 14.9. The highest BCUT2D eigenvalue weighted by Crippen LogP contribution is 2.44. The number of hydrogen-bond donors (Lipinski definition) is 1. The SMILES string of the molecule is COc1ccc(C2(O)C(C)[N+]3=C(SCCC3)N2c2ccccc2)c(F)c1. The number of rotatable bonds is 3. The Balaban J connectivity index is 1.90. The lowest BCUT2D eigenvalue weighted by Crippen LogP contribution is -2.51. The van der Waals surface area contributed by atoms with E-state index in [4.69, 9.17) is 4.74 Å². The standard InChI is InChI=1S/C20H22FN2O2S/c1-14-20(24,17-10-9-16(25-2)13-18(17)21)23(15-7-4-3-5-8-15)19-22(14)11-6-12-26-19/h3-5,7-10,13-14,24H,6,11-12H2,1-2H3/q+1. The predicted molar refractivity (Wildman–Crippen MR) is 102 cm³/mol. The number of ether oxygens (including phenoxy) is 1. The van der Waals surface area contributed by atoms with Crippen molar-refractivity contribution in [1.82, 2.24) is 0 Å². The summed E-state index contributed by atoms with van der Waals surface area (Å²) in [5.74, 6) is 0.958. The van der Waals surface area contributed by atoms with E-state index in [0.717, 1.165) is 29.6 Å². The van der Waals surface area contributed by atoms with Gasteiger partial charge in [-0.2, -0.15) is 4.90 Å². The van der Waals surface area contributed by atoms with Crippen LogP contribution in [0.4, 0.5) is 10.1 Å². The Hall–Kier alpha value is -2.05. The van der Waals surface area contributed by atoms with Gasteiger partial charge in [0.1, 0.15) is 17.3 Å². The van der Waals surface area contributed by atoms with Crippen molar-refractivity contribution in [3.05, 3.63) is 59.9 Å². The van der Waals surface area contributed by atoms with Gasteiger partial charge in [-0.1, -0.05) is 18.2 Å². The molecular weight excluding hydrogens is 351 g/mol. The van der Waals surface area contributed by atoms with Crippen molar-refractivity contribution in [2.24, 2.45) is 0 Å². The normalized spacial score (nSPS) is 25.4. The van der Waals surface area contributed by atoms with Gasteiger partial charge in [0.15, 0.2) is 6.04 Å². The van der Waals surface area contributed by atoms with Gasteiger partial charge >= 0.3 is 5.17 Å². The van der Waals surface area contributed by atoms with Crippen molar-refractivity contribution in [2.45, 2.75) is 25.1 Å². The van der Waals surface area contributed by atoms with Gasteiger partial charge in [-0.25, -0.2) is 8.97 Å². The quantitative estimate of drug-likeness (QED) is 0.837. The van der Waals surface area contributed by atoms with Crippen molar-refractivity contribution in [2.75, 3.05) is 24.3 Å². The molecule has 6 heteroatoms. The van der Waals surface area contributed by atoms with Crippen LogP contribution in [0.1, 0.15) is 18.9 Å². The van der Waals surface area contributed by atoms with E-state index < -0.39 is 11.5 Å². The minimum atomic E-state index is -1.50. The number of anilines is 1. The summed E-state index contributed by atoms with van der Waals surface area (Å²) in [6.45, 7) is 2.81. The number of benzene rings is 2. The first-order valence-corrected chi connectivity index (χ1v) is 9.74. The topological polar surface area (TPSA) is 35.7 Å². The molecule has 136 valence electrons. The van der Waals surface area contributed by atoms with Crippen molar-refractivity contribution >= 4 is 22.6 Å². The van der Waals surface area contributed by atoms with Crippen LogP contribution in [0.25, 0.3) is 0 Å². The third-order valence-electron chi connectivity index (χ3n) is 5.19. The molecule has 0 spiro atoms.